The van der Waals surface area contributed by atoms with Crippen LogP contribution in [0.15, 0.2) is 150 Å². The molecule has 0 saturated carbocycles. The number of aryl methyl sites for hydroxylation is 2. The first-order valence-electron chi connectivity index (χ1n) is 20.7. The van der Waals surface area contributed by atoms with Crippen LogP contribution >= 0.6 is 22.7 Å². The number of hydrogen-bond donors (Lipinski definition) is 0. The minimum absolute atomic E-state index is 0.192. The van der Waals surface area contributed by atoms with Crippen LogP contribution in [0, 0.1) is 25.7 Å². The Labute approximate surface area is 348 Å². The Morgan fingerprint density at radius 2 is 1.05 bits per heavy atom. The zero-order chi connectivity index (χ0) is 39.0. The summed E-state index contributed by atoms with van der Waals surface area (Å²) in [6.07, 6.45) is 4.90. The number of piperidine rings is 2. The van der Waals surface area contributed by atoms with E-state index in [-0.39, 0.29) is 11.7 Å². The van der Waals surface area contributed by atoms with Gasteiger partial charge in [0, 0.05) is 34.0 Å². The normalized spacial score (nSPS) is 16.9. The Kier molecular flexibility index (Phi) is 12.9. The van der Waals surface area contributed by atoms with E-state index in [4.69, 9.17) is 0 Å². The van der Waals surface area contributed by atoms with E-state index in [2.05, 4.69) is 168 Å². The number of likely N-dealkylation sites (tertiary alicyclic amines) is 2. The molecule has 0 radical (unpaired) electrons. The van der Waals surface area contributed by atoms with E-state index in [9.17, 15) is 0 Å². The minimum Gasteiger partial charge on any atom is -0.299 e. The third-order valence-electron chi connectivity index (χ3n) is 12.0. The smallest absolute Gasteiger partial charge is 0.196 e. The van der Waals surface area contributed by atoms with Gasteiger partial charge in [-0.1, -0.05) is 138 Å². The van der Waals surface area contributed by atoms with Crippen molar-refractivity contribution in [3.05, 3.63) is 193 Å². The van der Waals surface area contributed by atoms with Crippen LogP contribution in [0.1, 0.15) is 68.8 Å². The quantitative estimate of drug-likeness (QED) is 0.109. The molecule has 2 aromatic heterocycles. The van der Waals surface area contributed by atoms with Gasteiger partial charge in [0.2, 0.25) is 0 Å². The second-order valence-corrected chi connectivity index (χ2v) is 18.0. The van der Waals surface area contributed by atoms with Crippen molar-refractivity contribution in [2.75, 3.05) is 26.2 Å². The number of benzene rings is 4. The van der Waals surface area contributed by atoms with Gasteiger partial charge in [0.05, 0.1) is 0 Å². The van der Waals surface area contributed by atoms with Crippen LogP contribution in [0.25, 0.3) is 16.7 Å². The van der Waals surface area contributed by atoms with Crippen LogP contribution in [-0.4, -0.2) is 41.8 Å². The van der Waals surface area contributed by atoms with E-state index in [0.717, 1.165) is 92.3 Å². The van der Waals surface area contributed by atoms with Crippen LogP contribution in [-0.2, 0) is 24.3 Å². The first-order valence-corrected chi connectivity index (χ1v) is 22.5. The molecule has 0 aliphatic carbocycles. The Bertz CT molecular complexity index is 2270. The summed E-state index contributed by atoms with van der Waals surface area (Å²) in [5.41, 5.74) is 12.0. The van der Waals surface area contributed by atoms with E-state index in [1.54, 1.807) is 22.7 Å². The first kappa shape index (κ1) is 39.2. The molecule has 0 N–H and O–H groups in total. The number of carbonyl (C=O) groups excluding carboxylic acids is 1. The molecule has 0 spiro atoms. The third kappa shape index (κ3) is 9.73. The molecule has 290 valence electrons. The number of carbonyl (C=O) groups is 1. The molecule has 3 nitrogen and oxygen atoms in total. The number of Topliss-reactive ketones (excluding diaryl/α,β-unsaturated/α-hetero) is 1. The highest BCUT2D eigenvalue weighted by atomic mass is 32.1. The molecule has 0 amide bonds. The summed E-state index contributed by atoms with van der Waals surface area (Å²) < 4.78 is 0. The summed E-state index contributed by atoms with van der Waals surface area (Å²) in [7, 11) is 0. The third-order valence-corrected chi connectivity index (χ3v) is 13.7. The van der Waals surface area contributed by atoms with Gasteiger partial charge in [0.25, 0.3) is 0 Å². The van der Waals surface area contributed by atoms with Gasteiger partial charge in [-0.2, -0.15) is 0 Å². The predicted molar refractivity (Wildman–Crippen MR) is 242 cm³/mol. The van der Waals surface area contributed by atoms with Crippen molar-refractivity contribution in [1.29, 1.82) is 0 Å². The molecule has 2 saturated heterocycles. The SMILES string of the molecule is Cc1cccc(CC(=C(C(=O)C(=C(c2cccc(C)c2)C2CCN(Cc3ccccc3)CC2)c2cccs2)c2cccs2)C2CCN(Cc3ccccc3)CC2)c1. The van der Waals surface area contributed by atoms with Crippen molar-refractivity contribution < 1.29 is 4.79 Å². The molecule has 4 aromatic carbocycles. The average Bonchev–Trinajstić information content (AvgIpc) is 3.97. The average molecular weight is 787 g/mol. The highest BCUT2D eigenvalue weighted by Gasteiger charge is 2.34. The van der Waals surface area contributed by atoms with Gasteiger partial charge in [-0.3, -0.25) is 14.6 Å². The highest BCUT2D eigenvalue weighted by molar-refractivity contribution is 7.12. The fourth-order valence-corrected chi connectivity index (χ4v) is 10.7. The highest BCUT2D eigenvalue weighted by Crippen LogP contribution is 2.45. The zero-order valence-corrected chi connectivity index (χ0v) is 35.0. The van der Waals surface area contributed by atoms with E-state index < -0.39 is 0 Å². The fraction of sp³-hybridized carbons (Fsp3) is 0.288. The van der Waals surface area contributed by atoms with Crippen molar-refractivity contribution >= 4 is 45.2 Å². The maximum atomic E-state index is 16.2. The number of thiophene rings is 2. The second-order valence-electron chi connectivity index (χ2n) is 16.1. The second kappa shape index (κ2) is 18.7. The predicted octanol–water partition coefficient (Wildman–Crippen LogP) is 12.4. The van der Waals surface area contributed by atoms with Gasteiger partial charge in [-0.25, -0.2) is 0 Å². The largest absolute Gasteiger partial charge is 0.299 e. The maximum Gasteiger partial charge on any atom is 0.196 e. The molecule has 4 heterocycles. The van der Waals surface area contributed by atoms with Crippen LogP contribution in [0.4, 0.5) is 0 Å². The Morgan fingerprint density at radius 1 is 0.544 bits per heavy atom. The first-order chi connectivity index (χ1) is 28.0. The van der Waals surface area contributed by atoms with Crippen LogP contribution in [0.2, 0.25) is 0 Å². The lowest BCUT2D eigenvalue weighted by atomic mass is 9.77. The van der Waals surface area contributed by atoms with Crippen molar-refractivity contribution in [3.8, 4) is 0 Å². The number of ketones is 1. The van der Waals surface area contributed by atoms with Gasteiger partial charge in [-0.05, 0) is 135 Å². The van der Waals surface area contributed by atoms with E-state index >= 15 is 4.79 Å². The van der Waals surface area contributed by atoms with Crippen LogP contribution in [0.5, 0.6) is 0 Å². The lowest BCUT2D eigenvalue weighted by molar-refractivity contribution is -0.108. The van der Waals surface area contributed by atoms with E-state index in [1.807, 2.05) is 0 Å². The monoisotopic (exact) mass is 786 g/mol. The van der Waals surface area contributed by atoms with Crippen molar-refractivity contribution in [2.24, 2.45) is 11.8 Å². The number of hydrogen-bond acceptors (Lipinski definition) is 5. The van der Waals surface area contributed by atoms with Crippen molar-refractivity contribution in [2.45, 2.75) is 59.0 Å². The molecule has 8 rings (SSSR count). The standard InChI is InChI=1S/C52H54N2OS2/c1-38-13-9-19-42(33-38)35-46(43-23-27-53(28-24-43)36-40-15-5-3-6-16-40)50(47-21-11-31-56-47)52(55)51(48-22-12-32-57-48)49(45-20-10-14-39(2)34-45)44-25-29-54(30-26-44)37-41-17-7-4-8-18-41/h3-22,31-34,43-44H,23-30,35-37H2,1-2H3. The Morgan fingerprint density at radius 3 is 1.58 bits per heavy atom. The lowest BCUT2D eigenvalue weighted by Gasteiger charge is -2.35. The number of allylic oxidation sites excluding steroid dienone is 4. The Hall–Kier alpha value is -4.65. The van der Waals surface area contributed by atoms with Gasteiger partial charge < -0.3 is 0 Å². The number of nitrogens with zero attached hydrogens (tertiary/aromatic N) is 2. The molecular weight excluding hydrogens is 733 g/mol. The van der Waals surface area contributed by atoms with Crippen LogP contribution in [0.3, 0.4) is 0 Å². The molecule has 6 aromatic rings. The summed E-state index contributed by atoms with van der Waals surface area (Å²) in [4.78, 5) is 23.6. The molecule has 0 atom stereocenters. The molecular formula is C52H54N2OS2. The summed E-state index contributed by atoms with van der Waals surface area (Å²) in [5.74, 6) is 0.773. The Balaban J connectivity index is 1.24. The fourth-order valence-electron chi connectivity index (χ4n) is 9.13. The zero-order valence-electron chi connectivity index (χ0n) is 33.4. The van der Waals surface area contributed by atoms with Crippen molar-refractivity contribution in [3.63, 3.8) is 0 Å². The van der Waals surface area contributed by atoms with Crippen LogP contribution < -0.4 is 0 Å². The molecule has 2 fully saturated rings. The lowest BCUT2D eigenvalue weighted by Crippen LogP contribution is -2.34. The van der Waals surface area contributed by atoms with Crippen molar-refractivity contribution in [1.82, 2.24) is 9.80 Å². The summed E-state index contributed by atoms with van der Waals surface area (Å²) in [6, 6.07) is 48.2. The van der Waals surface area contributed by atoms with E-state index in [1.165, 1.54) is 44.5 Å². The molecule has 5 heteroatoms. The molecule has 2 aliphatic heterocycles. The number of rotatable bonds is 13. The van der Waals surface area contributed by atoms with Gasteiger partial charge in [0.15, 0.2) is 5.78 Å². The molecule has 57 heavy (non-hydrogen) atoms. The van der Waals surface area contributed by atoms with E-state index in [0.29, 0.717) is 5.92 Å². The summed E-state index contributed by atoms with van der Waals surface area (Å²) >= 11 is 3.42. The summed E-state index contributed by atoms with van der Waals surface area (Å²) in [6.45, 7) is 10.3. The van der Waals surface area contributed by atoms with Gasteiger partial charge >= 0.3 is 0 Å². The molecule has 2 aliphatic rings. The topological polar surface area (TPSA) is 23.6 Å². The maximum absolute atomic E-state index is 16.2. The molecule has 0 bridgehead atoms. The molecule has 0 unspecified atom stereocenters. The van der Waals surface area contributed by atoms with Gasteiger partial charge in [0.1, 0.15) is 0 Å². The minimum atomic E-state index is 0.192. The van der Waals surface area contributed by atoms with Gasteiger partial charge in [-0.15, -0.1) is 22.7 Å². The summed E-state index contributed by atoms with van der Waals surface area (Å²) in [5, 5.41) is 4.29.